The van der Waals surface area contributed by atoms with Crippen molar-refractivity contribution in [2.45, 2.75) is 19.6 Å². The molecule has 1 aromatic rings. The molecule has 0 saturated heterocycles. The highest BCUT2D eigenvalue weighted by molar-refractivity contribution is 6.83. The predicted molar refractivity (Wildman–Crippen MR) is 66.8 cm³/mol. The van der Waals surface area contributed by atoms with Crippen LogP contribution in [0.25, 0.3) is 6.08 Å². The van der Waals surface area contributed by atoms with Crippen molar-refractivity contribution in [1.29, 1.82) is 0 Å². The van der Waals surface area contributed by atoms with E-state index in [4.69, 9.17) is 0 Å². The molecule has 1 heteroatoms. The molecule has 0 aliphatic rings. The number of hydrogen-bond acceptors (Lipinski definition) is 0. The monoisotopic (exact) mass is 200 g/mol. The van der Waals surface area contributed by atoms with Crippen LogP contribution in [0.5, 0.6) is 0 Å². The average molecular weight is 200 g/mol. The SMILES string of the molecule is C=Cc1ccccc1C#C[Si](C)(C)C. The van der Waals surface area contributed by atoms with Crippen LogP contribution in [0.4, 0.5) is 0 Å². The van der Waals surface area contributed by atoms with Crippen molar-refractivity contribution in [2.75, 3.05) is 0 Å². The minimum Gasteiger partial charge on any atom is -0.127 e. The van der Waals surface area contributed by atoms with Gasteiger partial charge in [-0.3, -0.25) is 0 Å². The van der Waals surface area contributed by atoms with Crippen molar-refractivity contribution < 1.29 is 0 Å². The van der Waals surface area contributed by atoms with Crippen LogP contribution in [0.3, 0.4) is 0 Å². The summed E-state index contributed by atoms with van der Waals surface area (Å²) < 4.78 is 0. The van der Waals surface area contributed by atoms with Gasteiger partial charge in [-0.2, -0.15) is 0 Å². The van der Waals surface area contributed by atoms with Crippen LogP contribution in [0.2, 0.25) is 19.6 Å². The lowest BCUT2D eigenvalue weighted by Crippen LogP contribution is -2.16. The van der Waals surface area contributed by atoms with E-state index in [2.05, 4.69) is 37.7 Å². The summed E-state index contributed by atoms with van der Waals surface area (Å²) in [7, 11) is -1.27. The molecule has 0 atom stereocenters. The largest absolute Gasteiger partial charge is 0.129 e. The molecule has 1 rings (SSSR count). The first-order valence-electron chi connectivity index (χ1n) is 4.77. The zero-order valence-corrected chi connectivity index (χ0v) is 10.1. The second-order valence-corrected chi connectivity index (χ2v) is 9.04. The van der Waals surface area contributed by atoms with Gasteiger partial charge in [0.2, 0.25) is 0 Å². The second-order valence-electron chi connectivity index (χ2n) is 4.29. The Morgan fingerprint density at radius 1 is 1.21 bits per heavy atom. The Hall–Kier alpha value is -1.26. The molecule has 0 aliphatic carbocycles. The van der Waals surface area contributed by atoms with Gasteiger partial charge in [-0.15, -0.1) is 5.54 Å². The van der Waals surface area contributed by atoms with Crippen LogP contribution in [0, 0.1) is 11.5 Å². The van der Waals surface area contributed by atoms with E-state index < -0.39 is 8.07 Å². The van der Waals surface area contributed by atoms with Crippen molar-refractivity contribution in [2.24, 2.45) is 0 Å². The van der Waals surface area contributed by atoms with Gasteiger partial charge in [0.05, 0.1) is 0 Å². The molecule has 1 aromatic carbocycles. The Morgan fingerprint density at radius 3 is 2.43 bits per heavy atom. The fourth-order valence-electron chi connectivity index (χ4n) is 1.04. The van der Waals surface area contributed by atoms with E-state index in [9.17, 15) is 0 Å². The van der Waals surface area contributed by atoms with Crippen molar-refractivity contribution >= 4 is 14.1 Å². The van der Waals surface area contributed by atoms with E-state index in [-0.39, 0.29) is 0 Å². The molecule has 0 N–H and O–H groups in total. The third-order valence-electron chi connectivity index (χ3n) is 1.75. The fraction of sp³-hybridized carbons (Fsp3) is 0.231. The molecule has 0 heterocycles. The minimum absolute atomic E-state index is 1.09. The van der Waals surface area contributed by atoms with E-state index in [0.29, 0.717) is 0 Å². The first-order valence-corrected chi connectivity index (χ1v) is 8.27. The van der Waals surface area contributed by atoms with Crippen LogP contribution in [0.15, 0.2) is 30.8 Å². The Kier molecular flexibility index (Phi) is 3.32. The summed E-state index contributed by atoms with van der Waals surface area (Å²) in [4.78, 5) is 0. The standard InChI is InChI=1S/C13H16Si/c1-5-12-8-6-7-9-13(12)10-11-14(2,3)4/h5-9H,1H2,2-4H3. The molecule has 0 unspecified atom stereocenters. The normalized spacial score (nSPS) is 10.2. The summed E-state index contributed by atoms with van der Waals surface area (Å²) in [5.41, 5.74) is 5.57. The second kappa shape index (κ2) is 4.30. The van der Waals surface area contributed by atoms with Gasteiger partial charge in [0.1, 0.15) is 8.07 Å². The van der Waals surface area contributed by atoms with Gasteiger partial charge in [-0.05, 0) is 11.6 Å². The van der Waals surface area contributed by atoms with E-state index in [1.807, 2.05) is 30.3 Å². The van der Waals surface area contributed by atoms with Gasteiger partial charge in [0.15, 0.2) is 0 Å². The molecule has 0 amide bonds. The van der Waals surface area contributed by atoms with E-state index in [0.717, 1.165) is 11.1 Å². The molecule has 14 heavy (non-hydrogen) atoms. The summed E-state index contributed by atoms with van der Waals surface area (Å²) in [6.07, 6.45) is 1.86. The van der Waals surface area contributed by atoms with Crippen LogP contribution >= 0.6 is 0 Å². The van der Waals surface area contributed by atoms with Crippen molar-refractivity contribution in [3.05, 3.63) is 42.0 Å². The molecule has 0 saturated carbocycles. The van der Waals surface area contributed by atoms with E-state index >= 15 is 0 Å². The van der Waals surface area contributed by atoms with Crippen molar-refractivity contribution in [3.63, 3.8) is 0 Å². The summed E-state index contributed by atoms with van der Waals surface area (Å²) in [6, 6.07) is 8.11. The lowest BCUT2D eigenvalue weighted by molar-refractivity contribution is 1.60. The maximum Gasteiger partial charge on any atom is 0.129 e. The highest BCUT2D eigenvalue weighted by Gasteiger charge is 2.07. The highest BCUT2D eigenvalue weighted by atomic mass is 28.3. The van der Waals surface area contributed by atoms with Crippen LogP contribution in [0.1, 0.15) is 11.1 Å². The summed E-state index contributed by atoms with van der Waals surface area (Å²) in [6.45, 7) is 10.5. The number of hydrogen-bond donors (Lipinski definition) is 0. The quantitative estimate of drug-likeness (QED) is 0.480. The molecule has 0 bridgehead atoms. The maximum absolute atomic E-state index is 3.78. The Morgan fingerprint density at radius 2 is 1.86 bits per heavy atom. The van der Waals surface area contributed by atoms with Crippen molar-refractivity contribution in [1.82, 2.24) is 0 Å². The first-order chi connectivity index (χ1) is 6.53. The summed E-state index contributed by atoms with van der Waals surface area (Å²) in [5, 5.41) is 0. The first kappa shape index (κ1) is 10.8. The molecule has 72 valence electrons. The third kappa shape index (κ3) is 3.24. The van der Waals surface area contributed by atoms with Crippen LogP contribution < -0.4 is 0 Å². The summed E-state index contributed by atoms with van der Waals surface area (Å²) >= 11 is 0. The molecule has 0 radical (unpaired) electrons. The summed E-state index contributed by atoms with van der Waals surface area (Å²) in [5.74, 6) is 3.24. The molecule has 0 aliphatic heterocycles. The van der Waals surface area contributed by atoms with Gasteiger partial charge in [-0.25, -0.2) is 0 Å². The molecular weight excluding hydrogens is 184 g/mol. The fourth-order valence-corrected chi connectivity index (χ4v) is 1.55. The Balaban J connectivity index is 3.06. The van der Waals surface area contributed by atoms with E-state index in [1.54, 1.807) is 0 Å². The molecule has 0 fully saturated rings. The Bertz CT molecular complexity index is 386. The number of rotatable bonds is 1. The van der Waals surface area contributed by atoms with Crippen LogP contribution in [-0.2, 0) is 0 Å². The lowest BCUT2D eigenvalue weighted by atomic mass is 10.1. The highest BCUT2D eigenvalue weighted by Crippen LogP contribution is 2.08. The maximum atomic E-state index is 3.78. The zero-order chi connectivity index (χ0) is 10.6. The van der Waals surface area contributed by atoms with Gasteiger partial charge < -0.3 is 0 Å². The lowest BCUT2D eigenvalue weighted by Gasteiger charge is -2.04. The zero-order valence-electron chi connectivity index (χ0n) is 9.09. The average Bonchev–Trinajstić information content (AvgIpc) is 2.14. The molecule has 0 nitrogen and oxygen atoms in total. The molecule has 0 aromatic heterocycles. The molecule has 0 spiro atoms. The molecular formula is C13H16Si. The minimum atomic E-state index is -1.27. The predicted octanol–water partition coefficient (Wildman–Crippen LogP) is 3.56. The van der Waals surface area contributed by atoms with Gasteiger partial charge >= 0.3 is 0 Å². The van der Waals surface area contributed by atoms with Crippen molar-refractivity contribution in [3.8, 4) is 11.5 Å². The Labute approximate surface area is 87.7 Å². The van der Waals surface area contributed by atoms with Gasteiger partial charge in [0, 0.05) is 5.56 Å². The van der Waals surface area contributed by atoms with E-state index in [1.165, 1.54) is 0 Å². The topological polar surface area (TPSA) is 0 Å². The van der Waals surface area contributed by atoms with Gasteiger partial charge in [0.25, 0.3) is 0 Å². The van der Waals surface area contributed by atoms with Crippen LogP contribution in [-0.4, -0.2) is 8.07 Å². The smallest absolute Gasteiger partial charge is 0.127 e. The third-order valence-corrected chi connectivity index (χ3v) is 2.63. The number of benzene rings is 1. The van der Waals surface area contributed by atoms with Gasteiger partial charge in [-0.1, -0.05) is 56.4 Å².